The minimum absolute atomic E-state index is 0.00499. The van der Waals surface area contributed by atoms with Gasteiger partial charge in [-0.1, -0.05) is 11.6 Å². The Labute approximate surface area is 172 Å². The fraction of sp³-hybridized carbons (Fsp3) is 0.316. The van der Waals surface area contributed by atoms with Gasteiger partial charge in [-0.25, -0.2) is 19.6 Å². The van der Waals surface area contributed by atoms with Crippen molar-refractivity contribution in [2.24, 2.45) is 0 Å². The molecule has 1 amide bonds. The Morgan fingerprint density at radius 1 is 1.10 bits per heavy atom. The summed E-state index contributed by atoms with van der Waals surface area (Å²) in [6.07, 6.45) is 4.55. The third kappa shape index (κ3) is 4.45. The minimum atomic E-state index is -0.0387. The van der Waals surface area contributed by atoms with Gasteiger partial charge in [-0.3, -0.25) is 4.79 Å². The number of ether oxygens (including phenoxy) is 1. The molecular weight excluding hydrogens is 394 g/mol. The van der Waals surface area contributed by atoms with Gasteiger partial charge in [0.25, 0.3) is 5.91 Å². The van der Waals surface area contributed by atoms with Crippen LogP contribution in [0.5, 0.6) is 5.75 Å². The van der Waals surface area contributed by atoms with Crippen LogP contribution in [-0.2, 0) is 4.79 Å². The van der Waals surface area contributed by atoms with Crippen LogP contribution in [0.25, 0.3) is 5.82 Å². The first-order valence-corrected chi connectivity index (χ1v) is 9.56. The van der Waals surface area contributed by atoms with Gasteiger partial charge in [-0.05, 0) is 30.7 Å². The zero-order chi connectivity index (χ0) is 20.2. The molecule has 4 rings (SSSR count). The number of nitrogens with zero attached hydrogens (tertiary/aromatic N) is 7. The predicted molar refractivity (Wildman–Crippen MR) is 107 cm³/mol. The molecule has 0 radical (unpaired) electrons. The molecule has 1 aliphatic rings. The second kappa shape index (κ2) is 8.44. The summed E-state index contributed by atoms with van der Waals surface area (Å²) < 4.78 is 7.21. The summed E-state index contributed by atoms with van der Waals surface area (Å²) in [5.74, 6) is 2.05. The Morgan fingerprint density at radius 2 is 1.90 bits per heavy atom. The predicted octanol–water partition coefficient (Wildman–Crippen LogP) is 1.75. The average molecular weight is 414 g/mol. The van der Waals surface area contributed by atoms with Crippen molar-refractivity contribution in [1.29, 1.82) is 0 Å². The van der Waals surface area contributed by atoms with Crippen molar-refractivity contribution in [3.8, 4) is 11.6 Å². The highest BCUT2D eigenvalue weighted by Gasteiger charge is 2.22. The summed E-state index contributed by atoms with van der Waals surface area (Å²) in [5, 5.41) is 4.76. The van der Waals surface area contributed by atoms with Crippen LogP contribution in [0.4, 0.5) is 5.82 Å². The van der Waals surface area contributed by atoms with Crippen LogP contribution in [0.2, 0.25) is 5.02 Å². The summed E-state index contributed by atoms with van der Waals surface area (Å²) in [6.45, 7) is 4.47. The second-order valence-electron chi connectivity index (χ2n) is 6.64. The number of hydrogen-bond donors (Lipinski definition) is 0. The molecular formula is C19H20ClN7O2. The number of piperazine rings is 1. The van der Waals surface area contributed by atoms with Gasteiger partial charge in [-0.15, -0.1) is 0 Å². The first-order chi connectivity index (χ1) is 14.1. The van der Waals surface area contributed by atoms with Crippen LogP contribution in [0, 0.1) is 6.92 Å². The van der Waals surface area contributed by atoms with Gasteiger partial charge in [0, 0.05) is 37.3 Å². The molecule has 1 aromatic carbocycles. The molecule has 1 aliphatic heterocycles. The van der Waals surface area contributed by atoms with Crippen LogP contribution in [0.1, 0.15) is 5.56 Å². The monoisotopic (exact) mass is 413 g/mol. The number of rotatable bonds is 5. The van der Waals surface area contributed by atoms with Gasteiger partial charge in [0.15, 0.2) is 12.4 Å². The minimum Gasteiger partial charge on any atom is -0.484 e. The summed E-state index contributed by atoms with van der Waals surface area (Å²) in [6, 6.07) is 7.22. The first kappa shape index (κ1) is 19.1. The molecule has 2 aromatic heterocycles. The molecule has 0 atom stereocenters. The lowest BCUT2D eigenvalue weighted by atomic mass is 10.2. The third-order valence-corrected chi connectivity index (χ3v) is 5.16. The van der Waals surface area contributed by atoms with E-state index in [4.69, 9.17) is 16.3 Å². The molecule has 1 fully saturated rings. The number of aromatic nitrogens is 5. The van der Waals surface area contributed by atoms with Crippen LogP contribution in [-0.4, -0.2) is 68.3 Å². The maximum Gasteiger partial charge on any atom is 0.260 e. The Bertz CT molecular complexity index is 988. The molecule has 9 nitrogen and oxygen atoms in total. The molecule has 0 aliphatic carbocycles. The number of benzene rings is 1. The van der Waals surface area contributed by atoms with Crippen molar-refractivity contribution < 1.29 is 9.53 Å². The molecule has 3 heterocycles. The summed E-state index contributed by atoms with van der Waals surface area (Å²) in [7, 11) is 0. The lowest BCUT2D eigenvalue weighted by molar-refractivity contribution is -0.133. The lowest BCUT2D eigenvalue weighted by Crippen LogP contribution is -2.50. The van der Waals surface area contributed by atoms with E-state index >= 15 is 0 Å². The molecule has 10 heteroatoms. The highest BCUT2D eigenvalue weighted by molar-refractivity contribution is 6.31. The first-order valence-electron chi connectivity index (χ1n) is 9.19. The molecule has 3 aromatic rings. The number of carbonyl (C=O) groups excluding carboxylic acids is 1. The quantitative estimate of drug-likeness (QED) is 0.629. The standard InChI is InChI=1S/C19H20ClN7O2/c1-14-8-15(2-3-16(14)20)29-10-19(28)26-6-4-25(5-7-26)17-9-18(23-12-22-17)27-13-21-11-24-27/h2-3,8-9,11-13H,4-7,10H2,1H3. The van der Waals surface area contributed by atoms with Crippen LogP contribution < -0.4 is 9.64 Å². The summed E-state index contributed by atoms with van der Waals surface area (Å²) >= 11 is 6.02. The molecule has 0 unspecified atom stereocenters. The van der Waals surface area contributed by atoms with E-state index in [9.17, 15) is 4.79 Å². The highest BCUT2D eigenvalue weighted by atomic mass is 35.5. The number of hydrogen-bond acceptors (Lipinski definition) is 7. The Kier molecular flexibility index (Phi) is 5.57. The Hall–Kier alpha value is -3.20. The molecule has 1 saturated heterocycles. The zero-order valence-corrected chi connectivity index (χ0v) is 16.7. The van der Waals surface area contributed by atoms with Gasteiger partial charge in [0.1, 0.15) is 30.5 Å². The number of aryl methyl sites for hydroxylation is 1. The van der Waals surface area contributed by atoms with Crippen molar-refractivity contribution in [3.05, 3.63) is 53.8 Å². The molecule has 0 spiro atoms. The van der Waals surface area contributed by atoms with Gasteiger partial charge in [-0.2, -0.15) is 5.10 Å². The normalized spacial score (nSPS) is 14.1. The number of halogens is 1. The average Bonchev–Trinajstić information content (AvgIpc) is 3.30. The zero-order valence-electron chi connectivity index (χ0n) is 15.9. The van der Waals surface area contributed by atoms with E-state index in [0.717, 1.165) is 11.4 Å². The number of amides is 1. The van der Waals surface area contributed by atoms with Crippen LogP contribution >= 0.6 is 11.6 Å². The summed E-state index contributed by atoms with van der Waals surface area (Å²) in [4.78, 5) is 28.9. The number of carbonyl (C=O) groups is 1. The molecule has 0 N–H and O–H groups in total. The van der Waals surface area contributed by atoms with Gasteiger partial charge >= 0.3 is 0 Å². The van der Waals surface area contributed by atoms with Crippen molar-refractivity contribution in [2.45, 2.75) is 6.92 Å². The molecule has 0 bridgehead atoms. The van der Waals surface area contributed by atoms with E-state index in [-0.39, 0.29) is 12.5 Å². The van der Waals surface area contributed by atoms with Crippen LogP contribution in [0.15, 0.2) is 43.2 Å². The Balaban J connectivity index is 1.31. The smallest absolute Gasteiger partial charge is 0.260 e. The highest BCUT2D eigenvalue weighted by Crippen LogP contribution is 2.21. The van der Waals surface area contributed by atoms with Crippen LogP contribution in [0.3, 0.4) is 0 Å². The number of anilines is 1. The van der Waals surface area contributed by atoms with Crippen molar-refractivity contribution in [1.82, 2.24) is 29.6 Å². The molecule has 29 heavy (non-hydrogen) atoms. The maximum atomic E-state index is 12.5. The summed E-state index contributed by atoms with van der Waals surface area (Å²) in [5.41, 5.74) is 0.917. The van der Waals surface area contributed by atoms with E-state index in [0.29, 0.717) is 42.8 Å². The van der Waals surface area contributed by atoms with Gasteiger partial charge < -0.3 is 14.5 Å². The van der Waals surface area contributed by atoms with E-state index in [1.165, 1.54) is 12.7 Å². The van der Waals surface area contributed by atoms with E-state index in [2.05, 4.69) is 25.0 Å². The van der Waals surface area contributed by atoms with Gasteiger partial charge in [0.05, 0.1) is 0 Å². The Morgan fingerprint density at radius 3 is 2.62 bits per heavy atom. The van der Waals surface area contributed by atoms with E-state index < -0.39 is 0 Å². The fourth-order valence-corrected chi connectivity index (χ4v) is 3.21. The van der Waals surface area contributed by atoms with Gasteiger partial charge in [0.2, 0.25) is 0 Å². The lowest BCUT2D eigenvalue weighted by Gasteiger charge is -2.35. The van der Waals surface area contributed by atoms with Crippen molar-refractivity contribution in [3.63, 3.8) is 0 Å². The molecule has 0 saturated carbocycles. The van der Waals surface area contributed by atoms with Crippen molar-refractivity contribution >= 4 is 23.3 Å². The maximum absolute atomic E-state index is 12.5. The SMILES string of the molecule is Cc1cc(OCC(=O)N2CCN(c3cc(-n4cncn4)ncn3)CC2)ccc1Cl. The van der Waals surface area contributed by atoms with E-state index in [1.807, 2.05) is 19.1 Å². The van der Waals surface area contributed by atoms with E-state index in [1.54, 1.807) is 28.0 Å². The van der Waals surface area contributed by atoms with Crippen molar-refractivity contribution in [2.75, 3.05) is 37.7 Å². The fourth-order valence-electron chi connectivity index (χ4n) is 3.09. The second-order valence-corrected chi connectivity index (χ2v) is 7.05. The third-order valence-electron chi connectivity index (χ3n) is 4.74. The molecule has 150 valence electrons. The largest absolute Gasteiger partial charge is 0.484 e. The topological polar surface area (TPSA) is 89.3 Å².